The third-order valence-corrected chi connectivity index (χ3v) is 3.65. The molecule has 2 aromatic rings. The van der Waals surface area contributed by atoms with Crippen molar-refractivity contribution in [2.24, 2.45) is 4.99 Å². The second kappa shape index (κ2) is 9.47. The highest BCUT2D eigenvalue weighted by molar-refractivity contribution is 5.88. The fourth-order valence-corrected chi connectivity index (χ4v) is 2.38. The Morgan fingerprint density at radius 2 is 1.68 bits per heavy atom. The van der Waals surface area contributed by atoms with E-state index in [0.29, 0.717) is 6.54 Å². The molecular formula is C20H26N4O. The average Bonchev–Trinajstić information content (AvgIpc) is 2.59. The highest BCUT2D eigenvalue weighted by atomic mass is 16.1. The van der Waals surface area contributed by atoms with E-state index in [0.717, 1.165) is 24.6 Å². The van der Waals surface area contributed by atoms with E-state index in [9.17, 15) is 4.79 Å². The summed E-state index contributed by atoms with van der Waals surface area (Å²) < 4.78 is 0. The van der Waals surface area contributed by atoms with E-state index in [-0.39, 0.29) is 5.91 Å². The van der Waals surface area contributed by atoms with Gasteiger partial charge in [-0.1, -0.05) is 42.5 Å². The first kappa shape index (κ1) is 18.5. The first-order chi connectivity index (χ1) is 12.0. The number of aliphatic imine (C=N–C) groups is 1. The zero-order valence-electron chi connectivity index (χ0n) is 15.1. The predicted molar refractivity (Wildman–Crippen MR) is 104 cm³/mol. The van der Waals surface area contributed by atoms with Gasteiger partial charge in [0.25, 0.3) is 0 Å². The molecule has 0 fully saturated rings. The second-order valence-corrected chi connectivity index (χ2v) is 6.07. The lowest BCUT2D eigenvalue weighted by Crippen LogP contribution is -2.37. The van der Waals surface area contributed by atoms with Crippen molar-refractivity contribution in [2.75, 3.05) is 26.0 Å². The summed E-state index contributed by atoms with van der Waals surface area (Å²) in [5.74, 6) is 0.818. The molecule has 1 amide bonds. The summed E-state index contributed by atoms with van der Waals surface area (Å²) in [6.45, 7) is 2.97. The van der Waals surface area contributed by atoms with Gasteiger partial charge in [0.1, 0.15) is 0 Å². The first-order valence-corrected chi connectivity index (χ1v) is 8.40. The maximum absolute atomic E-state index is 11.0. The largest absolute Gasteiger partial charge is 0.356 e. The van der Waals surface area contributed by atoms with Crippen molar-refractivity contribution >= 4 is 17.6 Å². The molecule has 0 aliphatic heterocycles. The molecule has 0 atom stereocenters. The van der Waals surface area contributed by atoms with Crippen LogP contribution in [0.5, 0.6) is 0 Å². The molecule has 2 aromatic carbocycles. The third-order valence-electron chi connectivity index (χ3n) is 3.65. The van der Waals surface area contributed by atoms with Gasteiger partial charge < -0.3 is 15.5 Å². The van der Waals surface area contributed by atoms with Gasteiger partial charge in [0.2, 0.25) is 5.91 Å². The molecule has 2 N–H and O–H groups in total. The van der Waals surface area contributed by atoms with Crippen LogP contribution in [0.25, 0.3) is 0 Å². The number of nitrogens with one attached hydrogen (secondary N) is 2. The van der Waals surface area contributed by atoms with Gasteiger partial charge >= 0.3 is 0 Å². The fraction of sp³-hybridized carbons (Fsp3) is 0.300. The van der Waals surface area contributed by atoms with Gasteiger partial charge in [-0.3, -0.25) is 4.79 Å². The van der Waals surface area contributed by atoms with Crippen LogP contribution in [0.2, 0.25) is 0 Å². The minimum absolute atomic E-state index is 0.0559. The van der Waals surface area contributed by atoms with Crippen molar-refractivity contribution in [1.82, 2.24) is 10.2 Å². The van der Waals surface area contributed by atoms with Crippen molar-refractivity contribution in [3.8, 4) is 0 Å². The Balaban J connectivity index is 1.85. The van der Waals surface area contributed by atoms with Crippen LogP contribution in [0.15, 0.2) is 59.6 Å². The van der Waals surface area contributed by atoms with Crippen LogP contribution in [-0.2, 0) is 17.8 Å². The molecule has 0 aliphatic rings. The monoisotopic (exact) mass is 338 g/mol. The number of carbonyl (C=O) groups is 1. The van der Waals surface area contributed by atoms with Crippen LogP contribution in [0, 0.1) is 0 Å². The molecule has 0 spiro atoms. The summed E-state index contributed by atoms with van der Waals surface area (Å²) in [6, 6.07) is 18.1. The van der Waals surface area contributed by atoms with Crippen LogP contribution in [0.1, 0.15) is 18.1 Å². The number of nitrogens with zero attached hydrogens (tertiary/aromatic N) is 2. The molecule has 5 heteroatoms. The Kier molecular flexibility index (Phi) is 7.01. The summed E-state index contributed by atoms with van der Waals surface area (Å²) in [5, 5.41) is 6.16. The average molecular weight is 338 g/mol. The molecule has 5 nitrogen and oxygen atoms in total. The summed E-state index contributed by atoms with van der Waals surface area (Å²) in [7, 11) is 3.97. The van der Waals surface area contributed by atoms with Crippen LogP contribution >= 0.6 is 0 Å². The molecule has 0 aromatic heterocycles. The lowest BCUT2D eigenvalue weighted by Gasteiger charge is -2.17. The summed E-state index contributed by atoms with van der Waals surface area (Å²) in [4.78, 5) is 17.7. The maximum atomic E-state index is 11.0. The van der Waals surface area contributed by atoms with E-state index in [4.69, 9.17) is 0 Å². The summed E-state index contributed by atoms with van der Waals surface area (Å²) >= 11 is 0. The molecule has 0 saturated carbocycles. The SMILES string of the molecule is CC(=O)Nc1ccc(CCNC(=NCc2ccccc2)N(C)C)cc1. The van der Waals surface area contributed by atoms with Crippen molar-refractivity contribution in [1.29, 1.82) is 0 Å². The van der Waals surface area contributed by atoms with Gasteiger partial charge in [-0.15, -0.1) is 0 Å². The van der Waals surface area contributed by atoms with Crippen molar-refractivity contribution in [3.05, 3.63) is 65.7 Å². The Labute approximate surface area is 149 Å². The topological polar surface area (TPSA) is 56.7 Å². The molecule has 0 saturated heterocycles. The minimum Gasteiger partial charge on any atom is -0.356 e. The Morgan fingerprint density at radius 3 is 2.28 bits per heavy atom. The van der Waals surface area contributed by atoms with Gasteiger partial charge in [0.15, 0.2) is 5.96 Å². The number of carbonyl (C=O) groups excluding carboxylic acids is 1. The highest BCUT2D eigenvalue weighted by Crippen LogP contribution is 2.09. The molecule has 0 heterocycles. The van der Waals surface area contributed by atoms with Gasteiger partial charge in [-0.25, -0.2) is 4.99 Å². The smallest absolute Gasteiger partial charge is 0.221 e. The van der Waals surface area contributed by atoms with Crippen molar-refractivity contribution in [2.45, 2.75) is 19.9 Å². The Bertz CT molecular complexity index is 693. The quantitative estimate of drug-likeness (QED) is 0.629. The molecular weight excluding hydrogens is 312 g/mol. The molecule has 0 aliphatic carbocycles. The van der Waals surface area contributed by atoms with Gasteiger partial charge in [0, 0.05) is 33.3 Å². The molecule has 25 heavy (non-hydrogen) atoms. The normalized spacial score (nSPS) is 11.1. The third kappa shape index (κ3) is 6.67. The van der Waals surface area contributed by atoms with Gasteiger partial charge in [-0.2, -0.15) is 0 Å². The van der Waals surface area contributed by atoms with Gasteiger partial charge in [0.05, 0.1) is 6.54 Å². The van der Waals surface area contributed by atoms with Crippen molar-refractivity contribution < 1.29 is 4.79 Å². The van der Waals surface area contributed by atoms with Crippen LogP contribution in [0.4, 0.5) is 5.69 Å². The lowest BCUT2D eigenvalue weighted by atomic mass is 10.1. The number of benzene rings is 2. The van der Waals surface area contributed by atoms with Gasteiger partial charge in [-0.05, 0) is 29.7 Å². The number of guanidine groups is 1. The minimum atomic E-state index is -0.0559. The second-order valence-electron chi connectivity index (χ2n) is 6.07. The fourth-order valence-electron chi connectivity index (χ4n) is 2.38. The zero-order valence-corrected chi connectivity index (χ0v) is 15.1. The highest BCUT2D eigenvalue weighted by Gasteiger charge is 2.02. The van der Waals surface area contributed by atoms with Crippen molar-refractivity contribution in [3.63, 3.8) is 0 Å². The number of anilines is 1. The molecule has 0 unspecified atom stereocenters. The Hall–Kier alpha value is -2.82. The first-order valence-electron chi connectivity index (χ1n) is 8.40. The summed E-state index contributed by atoms with van der Waals surface area (Å²) in [5.41, 5.74) is 3.22. The molecule has 0 radical (unpaired) electrons. The van der Waals surface area contributed by atoms with Crippen LogP contribution in [0.3, 0.4) is 0 Å². The standard InChI is InChI=1S/C20H26N4O/c1-16(25)23-19-11-9-17(10-12-19)13-14-21-20(24(2)3)22-15-18-7-5-4-6-8-18/h4-12H,13-15H2,1-3H3,(H,21,22)(H,23,25). The molecule has 0 bridgehead atoms. The predicted octanol–water partition coefficient (Wildman–Crippen LogP) is 2.89. The molecule has 132 valence electrons. The summed E-state index contributed by atoms with van der Waals surface area (Å²) in [6.07, 6.45) is 0.887. The zero-order chi connectivity index (χ0) is 18.1. The van der Waals surface area contributed by atoms with E-state index in [2.05, 4.69) is 27.8 Å². The number of amides is 1. The van der Waals surface area contributed by atoms with Crippen LogP contribution in [-0.4, -0.2) is 37.4 Å². The number of hydrogen-bond acceptors (Lipinski definition) is 2. The Morgan fingerprint density at radius 1 is 1.00 bits per heavy atom. The number of hydrogen-bond donors (Lipinski definition) is 2. The maximum Gasteiger partial charge on any atom is 0.221 e. The number of rotatable bonds is 6. The van der Waals surface area contributed by atoms with E-state index in [1.807, 2.05) is 61.5 Å². The van der Waals surface area contributed by atoms with E-state index >= 15 is 0 Å². The van der Waals surface area contributed by atoms with Crippen LogP contribution < -0.4 is 10.6 Å². The lowest BCUT2D eigenvalue weighted by molar-refractivity contribution is -0.114. The van der Waals surface area contributed by atoms with E-state index < -0.39 is 0 Å². The van der Waals surface area contributed by atoms with E-state index in [1.165, 1.54) is 18.1 Å². The van der Waals surface area contributed by atoms with E-state index in [1.54, 1.807) is 0 Å². The molecule has 2 rings (SSSR count).